The molecule has 1 aliphatic rings. The van der Waals surface area contributed by atoms with Gasteiger partial charge in [-0.2, -0.15) is 0 Å². The predicted molar refractivity (Wildman–Crippen MR) is 108 cm³/mol. The highest BCUT2D eigenvalue weighted by Gasteiger charge is 2.23. The molecule has 0 aromatic heterocycles. The average molecular weight is 383 g/mol. The number of hydrogen-bond donors (Lipinski definition) is 3. The van der Waals surface area contributed by atoms with Gasteiger partial charge in [-0.1, -0.05) is 32.9 Å². The van der Waals surface area contributed by atoms with Gasteiger partial charge in [0.2, 0.25) is 5.91 Å². The van der Waals surface area contributed by atoms with Crippen LogP contribution in [0.3, 0.4) is 0 Å². The van der Waals surface area contributed by atoms with Crippen LogP contribution >= 0.6 is 12.4 Å². The molecule has 0 spiro atoms. The van der Waals surface area contributed by atoms with Crippen molar-refractivity contribution in [2.24, 2.45) is 5.41 Å². The minimum Gasteiger partial charge on any atom is -0.352 e. The molecule has 2 amide bonds. The number of halogens is 1. The summed E-state index contributed by atoms with van der Waals surface area (Å²) in [6.45, 7) is 11.4. The molecular weight excluding hydrogens is 352 g/mol. The highest BCUT2D eigenvalue weighted by atomic mass is 35.5. The van der Waals surface area contributed by atoms with Crippen LogP contribution in [0.2, 0.25) is 0 Å². The fraction of sp³-hybridized carbons (Fsp3) is 0.579. The summed E-state index contributed by atoms with van der Waals surface area (Å²) in [5, 5.41) is 9.15. The zero-order valence-electron chi connectivity index (χ0n) is 15.9. The average Bonchev–Trinajstić information content (AvgIpc) is 2.59. The molecule has 1 fully saturated rings. The molecule has 0 radical (unpaired) electrons. The first kappa shape index (κ1) is 22.4. The molecule has 146 valence electrons. The van der Waals surface area contributed by atoms with Crippen LogP contribution in [0.4, 0.5) is 5.69 Å². The highest BCUT2D eigenvalue weighted by molar-refractivity contribution is 6.04. The second kappa shape index (κ2) is 10.5. The van der Waals surface area contributed by atoms with Crippen molar-refractivity contribution in [3.63, 3.8) is 0 Å². The van der Waals surface area contributed by atoms with Gasteiger partial charge in [0.15, 0.2) is 0 Å². The molecule has 1 aromatic carbocycles. The van der Waals surface area contributed by atoms with Crippen molar-refractivity contribution in [1.82, 2.24) is 15.5 Å². The number of nitrogens with one attached hydrogen (secondary N) is 3. The van der Waals surface area contributed by atoms with Crippen molar-refractivity contribution in [1.29, 1.82) is 0 Å². The maximum Gasteiger partial charge on any atom is 0.253 e. The first-order valence-electron chi connectivity index (χ1n) is 8.99. The molecule has 2 rings (SSSR count). The van der Waals surface area contributed by atoms with Gasteiger partial charge in [-0.25, -0.2) is 0 Å². The molecular formula is C19H31ClN4O2. The molecule has 1 aromatic rings. The van der Waals surface area contributed by atoms with Gasteiger partial charge in [-0.15, -0.1) is 12.4 Å². The van der Waals surface area contributed by atoms with Crippen LogP contribution in [-0.4, -0.2) is 56.0 Å². The zero-order valence-corrected chi connectivity index (χ0v) is 16.7. The molecule has 0 atom stereocenters. The van der Waals surface area contributed by atoms with Crippen molar-refractivity contribution in [2.45, 2.75) is 27.2 Å². The number of benzene rings is 1. The third-order valence-corrected chi connectivity index (χ3v) is 4.25. The first-order chi connectivity index (χ1) is 11.9. The van der Waals surface area contributed by atoms with Crippen molar-refractivity contribution in [3.8, 4) is 0 Å². The van der Waals surface area contributed by atoms with Gasteiger partial charge in [0.25, 0.3) is 5.91 Å². The summed E-state index contributed by atoms with van der Waals surface area (Å²) in [5.74, 6) is -0.253. The summed E-state index contributed by atoms with van der Waals surface area (Å²) in [4.78, 5) is 27.1. The Hall–Kier alpha value is -1.63. The standard InChI is InChI=1S/C19H30N4O2.ClH/c1-19(2,3)18(25)22-16-8-5-4-7-15(16)17(24)21-9-6-12-23-13-10-20-11-14-23;/h4-5,7-8,20H,6,9-14H2,1-3H3,(H,21,24)(H,22,25);1H. The third-order valence-electron chi connectivity index (χ3n) is 4.25. The number of amides is 2. The number of piperazine rings is 1. The zero-order chi connectivity index (χ0) is 18.3. The number of para-hydroxylation sites is 1. The molecule has 0 bridgehead atoms. The van der Waals surface area contributed by atoms with E-state index in [0.717, 1.165) is 39.1 Å². The molecule has 1 saturated heterocycles. The van der Waals surface area contributed by atoms with Crippen LogP contribution < -0.4 is 16.0 Å². The normalized spacial score (nSPS) is 15.0. The van der Waals surface area contributed by atoms with Gasteiger partial charge in [0.1, 0.15) is 0 Å². The minimum absolute atomic E-state index is 0. The van der Waals surface area contributed by atoms with E-state index in [-0.39, 0.29) is 24.2 Å². The summed E-state index contributed by atoms with van der Waals surface area (Å²) in [5.41, 5.74) is 0.552. The van der Waals surface area contributed by atoms with Crippen molar-refractivity contribution in [3.05, 3.63) is 29.8 Å². The maximum absolute atomic E-state index is 12.5. The second-order valence-corrected chi connectivity index (χ2v) is 7.45. The number of anilines is 1. The number of rotatable bonds is 6. The summed E-state index contributed by atoms with van der Waals surface area (Å²) >= 11 is 0. The molecule has 0 aliphatic carbocycles. The quantitative estimate of drug-likeness (QED) is 0.659. The van der Waals surface area contributed by atoms with Gasteiger partial charge < -0.3 is 20.9 Å². The van der Waals surface area contributed by atoms with E-state index in [2.05, 4.69) is 20.9 Å². The Morgan fingerprint density at radius 2 is 1.81 bits per heavy atom. The molecule has 7 heteroatoms. The lowest BCUT2D eigenvalue weighted by Crippen LogP contribution is -2.44. The van der Waals surface area contributed by atoms with E-state index in [0.29, 0.717) is 17.8 Å². The molecule has 3 N–H and O–H groups in total. The maximum atomic E-state index is 12.5. The lowest BCUT2D eigenvalue weighted by Gasteiger charge is -2.27. The fourth-order valence-corrected chi connectivity index (χ4v) is 2.63. The summed E-state index contributed by atoms with van der Waals surface area (Å²) in [6.07, 6.45) is 0.919. The highest BCUT2D eigenvalue weighted by Crippen LogP contribution is 2.20. The smallest absolute Gasteiger partial charge is 0.253 e. The van der Waals surface area contributed by atoms with Crippen LogP contribution in [-0.2, 0) is 4.79 Å². The van der Waals surface area contributed by atoms with Gasteiger partial charge >= 0.3 is 0 Å². The topological polar surface area (TPSA) is 73.5 Å². The Morgan fingerprint density at radius 3 is 2.46 bits per heavy atom. The number of nitrogens with zero attached hydrogens (tertiary/aromatic N) is 1. The van der Waals surface area contributed by atoms with E-state index in [1.165, 1.54) is 0 Å². The van der Waals surface area contributed by atoms with Crippen molar-refractivity contribution < 1.29 is 9.59 Å². The predicted octanol–water partition coefficient (Wildman–Crippen LogP) is 2.12. The fourth-order valence-electron chi connectivity index (χ4n) is 2.63. The molecule has 1 heterocycles. The van der Waals surface area contributed by atoms with E-state index in [1.807, 2.05) is 32.9 Å². The van der Waals surface area contributed by atoms with Crippen LogP contribution in [0.5, 0.6) is 0 Å². The van der Waals surface area contributed by atoms with E-state index in [9.17, 15) is 9.59 Å². The molecule has 0 saturated carbocycles. The number of carbonyl (C=O) groups is 2. The number of carbonyl (C=O) groups excluding carboxylic acids is 2. The van der Waals surface area contributed by atoms with E-state index >= 15 is 0 Å². The molecule has 26 heavy (non-hydrogen) atoms. The second-order valence-electron chi connectivity index (χ2n) is 7.45. The Bertz CT molecular complexity index is 595. The SMILES string of the molecule is CC(C)(C)C(=O)Nc1ccccc1C(=O)NCCCN1CCNCC1.Cl. The van der Waals surface area contributed by atoms with Crippen molar-refractivity contribution >= 4 is 29.9 Å². The lowest BCUT2D eigenvalue weighted by atomic mass is 9.95. The van der Waals surface area contributed by atoms with Crippen LogP contribution in [0.1, 0.15) is 37.6 Å². The monoisotopic (exact) mass is 382 g/mol. The Kier molecular flexibility index (Phi) is 9.05. The molecule has 6 nitrogen and oxygen atoms in total. The van der Waals surface area contributed by atoms with Crippen molar-refractivity contribution in [2.75, 3.05) is 44.6 Å². The molecule has 1 aliphatic heterocycles. The van der Waals surface area contributed by atoms with E-state index in [1.54, 1.807) is 12.1 Å². The van der Waals surface area contributed by atoms with Gasteiger partial charge in [-0.05, 0) is 25.1 Å². The summed E-state index contributed by atoms with van der Waals surface area (Å²) in [7, 11) is 0. The van der Waals surface area contributed by atoms with Gasteiger partial charge in [0, 0.05) is 38.1 Å². The third kappa shape index (κ3) is 6.94. The largest absolute Gasteiger partial charge is 0.352 e. The van der Waals surface area contributed by atoms with Gasteiger partial charge in [0.05, 0.1) is 11.3 Å². The first-order valence-corrected chi connectivity index (χ1v) is 8.99. The minimum atomic E-state index is -0.507. The Balaban J connectivity index is 0.00000338. The van der Waals surface area contributed by atoms with Gasteiger partial charge in [-0.3, -0.25) is 9.59 Å². The molecule has 0 unspecified atom stereocenters. The summed E-state index contributed by atoms with van der Waals surface area (Å²) in [6, 6.07) is 7.13. The van der Waals surface area contributed by atoms with E-state index < -0.39 is 5.41 Å². The Labute approximate surface area is 162 Å². The van der Waals surface area contributed by atoms with Crippen LogP contribution in [0.15, 0.2) is 24.3 Å². The Morgan fingerprint density at radius 1 is 1.15 bits per heavy atom. The van der Waals surface area contributed by atoms with E-state index in [4.69, 9.17) is 0 Å². The number of hydrogen-bond acceptors (Lipinski definition) is 4. The lowest BCUT2D eigenvalue weighted by molar-refractivity contribution is -0.123. The summed E-state index contributed by atoms with van der Waals surface area (Å²) < 4.78 is 0. The van der Waals surface area contributed by atoms with Crippen LogP contribution in [0, 0.1) is 5.41 Å². The van der Waals surface area contributed by atoms with Crippen LogP contribution in [0.25, 0.3) is 0 Å².